The Kier molecular flexibility index (Phi) is 7.17. The van der Waals surface area contributed by atoms with E-state index >= 15 is 0 Å². The number of nitrogens with zero attached hydrogens (tertiary/aromatic N) is 2. The van der Waals surface area contributed by atoms with Gasteiger partial charge in [0.2, 0.25) is 0 Å². The summed E-state index contributed by atoms with van der Waals surface area (Å²) in [7, 11) is 0. The number of hydrogen-bond acceptors (Lipinski definition) is 4. The van der Waals surface area contributed by atoms with E-state index in [0.29, 0.717) is 11.7 Å². The van der Waals surface area contributed by atoms with E-state index in [0.717, 1.165) is 101 Å². The highest BCUT2D eigenvalue weighted by Crippen LogP contribution is 2.40. The molecule has 10 aromatic rings. The maximum absolute atomic E-state index is 6.51. The third kappa shape index (κ3) is 5.45. The molecule has 0 spiro atoms. The largest absolute Gasteiger partial charge is 0.460 e. The molecular formula is C51H34N2O2. The third-order valence-electron chi connectivity index (χ3n) is 11.0. The van der Waals surface area contributed by atoms with Crippen LogP contribution in [0, 0.1) is 5.92 Å². The van der Waals surface area contributed by atoms with Crippen LogP contribution in [0.25, 0.3) is 106 Å². The molecular weight excluding hydrogens is 673 g/mol. The molecule has 0 saturated heterocycles. The monoisotopic (exact) mass is 706 g/mol. The second-order valence-corrected chi connectivity index (χ2v) is 14.7. The summed E-state index contributed by atoms with van der Waals surface area (Å²) in [6.07, 6.45) is 5.41. The van der Waals surface area contributed by atoms with Gasteiger partial charge in [-0.05, 0) is 93.5 Å². The number of para-hydroxylation sites is 1. The second kappa shape index (κ2) is 12.5. The molecule has 1 aliphatic rings. The number of furan rings is 2. The molecule has 0 amide bonds. The summed E-state index contributed by atoms with van der Waals surface area (Å²) >= 11 is 0. The number of allylic oxidation sites excluding steroid dienone is 1. The van der Waals surface area contributed by atoms with Crippen molar-refractivity contribution in [1.29, 1.82) is 0 Å². The van der Waals surface area contributed by atoms with Crippen LogP contribution in [0.15, 0.2) is 173 Å². The fourth-order valence-corrected chi connectivity index (χ4v) is 8.21. The minimum Gasteiger partial charge on any atom is -0.460 e. The lowest BCUT2D eigenvalue weighted by Gasteiger charge is -2.14. The fraction of sp³-hybridized carbons (Fsp3) is 0.0588. The average molecular weight is 707 g/mol. The molecule has 4 nitrogen and oxygen atoms in total. The molecule has 4 heteroatoms. The molecule has 0 N–H and O–H groups in total. The first kappa shape index (κ1) is 31.5. The first-order valence-corrected chi connectivity index (χ1v) is 18.9. The van der Waals surface area contributed by atoms with Crippen molar-refractivity contribution >= 4 is 49.8 Å². The molecule has 0 saturated carbocycles. The van der Waals surface area contributed by atoms with Crippen LogP contribution < -0.4 is 0 Å². The summed E-state index contributed by atoms with van der Waals surface area (Å²) < 4.78 is 12.9. The third-order valence-corrected chi connectivity index (χ3v) is 11.0. The smallest absolute Gasteiger partial charge is 0.160 e. The van der Waals surface area contributed by atoms with E-state index in [2.05, 4.69) is 146 Å². The molecule has 1 unspecified atom stereocenters. The van der Waals surface area contributed by atoms with Gasteiger partial charge in [0, 0.05) is 44.8 Å². The molecule has 0 radical (unpaired) electrons. The molecule has 0 bridgehead atoms. The van der Waals surface area contributed by atoms with Gasteiger partial charge in [-0.15, -0.1) is 0 Å². The van der Waals surface area contributed by atoms with Crippen LogP contribution in [-0.2, 0) is 6.42 Å². The van der Waals surface area contributed by atoms with E-state index in [4.69, 9.17) is 18.8 Å². The van der Waals surface area contributed by atoms with E-state index in [1.165, 1.54) is 10.9 Å². The normalized spacial score (nSPS) is 13.9. The van der Waals surface area contributed by atoms with Gasteiger partial charge in [-0.1, -0.05) is 122 Å². The van der Waals surface area contributed by atoms with E-state index < -0.39 is 0 Å². The Morgan fingerprint density at radius 2 is 1.13 bits per heavy atom. The lowest BCUT2D eigenvalue weighted by atomic mass is 9.92. The standard InChI is InChI=1S/C51H34N2O2/c1-31-18-21-42-44-23-20-35(29-50(44)55-48(42)24-31)37-25-36(34-19-22-43-41-15-7-8-17-47(41)54-49(43)28-34)26-38(27-37)45-30-46(53-51(52-45)33-11-3-2-4-12-33)40-16-9-13-32-10-5-6-14-39(32)40/h2-23,25-31H,24H2,1H3. The predicted molar refractivity (Wildman–Crippen MR) is 226 cm³/mol. The van der Waals surface area contributed by atoms with Crippen molar-refractivity contribution in [3.8, 4) is 56.2 Å². The molecule has 0 aliphatic heterocycles. The van der Waals surface area contributed by atoms with Gasteiger partial charge in [-0.3, -0.25) is 0 Å². The quantitative estimate of drug-likeness (QED) is 0.179. The number of rotatable bonds is 5. The summed E-state index contributed by atoms with van der Waals surface area (Å²) in [6, 6.07) is 55.4. The minimum absolute atomic E-state index is 0.461. The molecule has 11 rings (SSSR count). The van der Waals surface area contributed by atoms with Gasteiger partial charge in [0.15, 0.2) is 5.82 Å². The molecule has 55 heavy (non-hydrogen) atoms. The number of benzene rings is 7. The molecule has 3 aromatic heterocycles. The van der Waals surface area contributed by atoms with Crippen LogP contribution in [0.1, 0.15) is 18.2 Å². The van der Waals surface area contributed by atoms with Crippen molar-refractivity contribution < 1.29 is 8.83 Å². The van der Waals surface area contributed by atoms with Gasteiger partial charge in [-0.25, -0.2) is 9.97 Å². The highest BCUT2D eigenvalue weighted by Gasteiger charge is 2.20. The maximum atomic E-state index is 6.51. The van der Waals surface area contributed by atoms with Crippen molar-refractivity contribution in [2.75, 3.05) is 0 Å². The van der Waals surface area contributed by atoms with Gasteiger partial charge in [0.05, 0.1) is 11.4 Å². The topological polar surface area (TPSA) is 52.1 Å². The van der Waals surface area contributed by atoms with Gasteiger partial charge in [0.1, 0.15) is 22.5 Å². The van der Waals surface area contributed by atoms with Crippen LogP contribution in [0.5, 0.6) is 0 Å². The lowest BCUT2D eigenvalue weighted by molar-refractivity contribution is 0.513. The van der Waals surface area contributed by atoms with Crippen molar-refractivity contribution in [2.45, 2.75) is 13.3 Å². The number of fused-ring (bicyclic) bond motifs is 7. The fourth-order valence-electron chi connectivity index (χ4n) is 8.21. The van der Waals surface area contributed by atoms with Crippen LogP contribution in [0.2, 0.25) is 0 Å². The first-order valence-electron chi connectivity index (χ1n) is 18.9. The van der Waals surface area contributed by atoms with E-state index in [9.17, 15) is 0 Å². The highest BCUT2D eigenvalue weighted by molar-refractivity contribution is 6.06. The minimum atomic E-state index is 0.461. The SMILES string of the molecule is CC1C=Cc2c(oc3cc(-c4cc(-c5ccc6c(c5)oc5ccccc56)cc(-c5cc(-c6cccc7ccccc67)nc(-c6ccccc6)n5)c4)ccc23)C1. The molecule has 0 fully saturated rings. The molecule has 7 aromatic carbocycles. The average Bonchev–Trinajstić information content (AvgIpc) is 3.80. The summed E-state index contributed by atoms with van der Waals surface area (Å²) in [5.41, 5.74) is 12.9. The second-order valence-electron chi connectivity index (χ2n) is 14.7. The van der Waals surface area contributed by atoms with Gasteiger partial charge >= 0.3 is 0 Å². The number of hydrogen-bond donors (Lipinski definition) is 0. The van der Waals surface area contributed by atoms with E-state index in [-0.39, 0.29) is 0 Å². The predicted octanol–water partition coefficient (Wildman–Crippen LogP) is 13.8. The first-order chi connectivity index (χ1) is 27.1. The zero-order chi connectivity index (χ0) is 36.5. The molecule has 1 aliphatic carbocycles. The van der Waals surface area contributed by atoms with Crippen molar-refractivity contribution in [3.05, 3.63) is 175 Å². The lowest BCUT2D eigenvalue weighted by Crippen LogP contribution is -2.00. The Morgan fingerprint density at radius 1 is 0.473 bits per heavy atom. The molecule has 3 heterocycles. The Bertz CT molecular complexity index is 3140. The maximum Gasteiger partial charge on any atom is 0.160 e. The van der Waals surface area contributed by atoms with Crippen molar-refractivity contribution in [3.63, 3.8) is 0 Å². The Hall–Kier alpha value is -7.04. The van der Waals surface area contributed by atoms with Crippen LogP contribution in [0.3, 0.4) is 0 Å². The zero-order valence-electron chi connectivity index (χ0n) is 30.2. The summed E-state index contributed by atoms with van der Waals surface area (Å²) in [5, 5.41) is 5.70. The summed E-state index contributed by atoms with van der Waals surface area (Å²) in [6.45, 7) is 2.23. The Labute approximate surface area is 318 Å². The van der Waals surface area contributed by atoms with Gasteiger partial charge < -0.3 is 8.83 Å². The van der Waals surface area contributed by atoms with Gasteiger partial charge in [-0.2, -0.15) is 0 Å². The van der Waals surface area contributed by atoms with E-state index in [1.54, 1.807) is 0 Å². The van der Waals surface area contributed by atoms with Gasteiger partial charge in [0.25, 0.3) is 0 Å². The summed E-state index contributed by atoms with van der Waals surface area (Å²) in [4.78, 5) is 10.5. The van der Waals surface area contributed by atoms with Crippen LogP contribution in [-0.4, -0.2) is 9.97 Å². The Morgan fingerprint density at radius 3 is 1.96 bits per heavy atom. The highest BCUT2D eigenvalue weighted by atomic mass is 16.3. The van der Waals surface area contributed by atoms with Crippen molar-refractivity contribution in [2.24, 2.45) is 5.92 Å². The van der Waals surface area contributed by atoms with Crippen LogP contribution in [0.4, 0.5) is 0 Å². The molecule has 260 valence electrons. The summed E-state index contributed by atoms with van der Waals surface area (Å²) in [5.74, 6) is 2.20. The Balaban J connectivity index is 1.13. The molecule has 1 atom stereocenters. The zero-order valence-corrected chi connectivity index (χ0v) is 30.2. The van der Waals surface area contributed by atoms with Crippen molar-refractivity contribution in [1.82, 2.24) is 9.97 Å². The van der Waals surface area contributed by atoms with Crippen LogP contribution >= 0.6 is 0 Å². The van der Waals surface area contributed by atoms with E-state index in [1.807, 2.05) is 30.3 Å². The number of aromatic nitrogens is 2.